The molecule has 214 valence electrons. The minimum atomic E-state index is -1.89. The van der Waals surface area contributed by atoms with E-state index in [1.165, 1.54) is 6.33 Å². The first kappa shape index (κ1) is 27.5. The molecule has 0 aliphatic heterocycles. The van der Waals surface area contributed by atoms with Crippen LogP contribution < -0.4 is 10.1 Å². The van der Waals surface area contributed by atoms with Gasteiger partial charge in [0.15, 0.2) is 19.9 Å². The molecular formula is C31H38N6O3Si. The first-order valence-corrected chi connectivity index (χ1v) is 17.2. The summed E-state index contributed by atoms with van der Waals surface area (Å²) in [5.41, 5.74) is 4.23. The average Bonchev–Trinajstić information content (AvgIpc) is 3.29. The van der Waals surface area contributed by atoms with E-state index in [1.54, 1.807) is 7.11 Å². The van der Waals surface area contributed by atoms with Crippen LogP contribution in [0.15, 0.2) is 48.9 Å². The Balaban J connectivity index is 1.38. The van der Waals surface area contributed by atoms with E-state index in [1.807, 2.05) is 47.3 Å². The maximum atomic E-state index is 13.1. The molecule has 0 spiro atoms. The Morgan fingerprint density at radius 3 is 2.49 bits per heavy atom. The van der Waals surface area contributed by atoms with Gasteiger partial charge in [-0.1, -0.05) is 51.1 Å². The van der Waals surface area contributed by atoms with Crippen molar-refractivity contribution >= 4 is 31.1 Å². The predicted octanol–water partition coefficient (Wildman–Crippen LogP) is 6.32. The SMILES string of the molecule is COc1cc2ncnc(-c3cn(CCO[Si](C)(C)C(C)(C)C)nc3-c3ccccc3)c2nc1NC(=O)C12CC(C1)C2. The van der Waals surface area contributed by atoms with Crippen LogP contribution in [0.1, 0.15) is 40.0 Å². The number of pyridine rings is 1. The van der Waals surface area contributed by atoms with Gasteiger partial charge in [0.1, 0.15) is 23.2 Å². The normalized spacial score (nSPS) is 19.9. The first-order chi connectivity index (χ1) is 19.5. The maximum absolute atomic E-state index is 13.1. The molecule has 3 saturated carbocycles. The van der Waals surface area contributed by atoms with Crippen LogP contribution in [0, 0.1) is 11.3 Å². The molecule has 10 heteroatoms. The molecule has 0 radical (unpaired) electrons. The van der Waals surface area contributed by atoms with E-state index in [-0.39, 0.29) is 16.4 Å². The minimum absolute atomic E-state index is 0.0167. The molecular weight excluding hydrogens is 532 g/mol. The fourth-order valence-electron chi connectivity index (χ4n) is 5.54. The van der Waals surface area contributed by atoms with Crippen LogP contribution >= 0.6 is 0 Å². The summed E-state index contributed by atoms with van der Waals surface area (Å²) in [6.07, 6.45) is 6.42. The van der Waals surface area contributed by atoms with Crippen molar-refractivity contribution in [2.45, 2.75) is 64.7 Å². The zero-order valence-corrected chi connectivity index (χ0v) is 25.7. The van der Waals surface area contributed by atoms with Crippen LogP contribution in [0.25, 0.3) is 33.5 Å². The number of nitrogens with one attached hydrogen (secondary N) is 1. The van der Waals surface area contributed by atoms with Gasteiger partial charge in [-0.25, -0.2) is 15.0 Å². The second kappa shape index (κ2) is 10.0. The Morgan fingerprint density at radius 1 is 1.12 bits per heavy atom. The van der Waals surface area contributed by atoms with Gasteiger partial charge >= 0.3 is 0 Å². The lowest BCUT2D eigenvalue weighted by atomic mass is 9.44. The smallest absolute Gasteiger partial charge is 0.231 e. The third-order valence-corrected chi connectivity index (χ3v) is 13.7. The maximum Gasteiger partial charge on any atom is 0.231 e. The van der Waals surface area contributed by atoms with Gasteiger partial charge in [-0.15, -0.1) is 0 Å². The molecule has 0 saturated heterocycles. The molecule has 3 aliphatic rings. The second-order valence-electron chi connectivity index (χ2n) is 13.0. The van der Waals surface area contributed by atoms with Gasteiger partial charge in [-0.3, -0.25) is 9.48 Å². The topological polar surface area (TPSA) is 104 Å². The summed E-state index contributed by atoms with van der Waals surface area (Å²) in [6.45, 7) is 12.4. The van der Waals surface area contributed by atoms with E-state index in [9.17, 15) is 4.79 Å². The van der Waals surface area contributed by atoms with Crippen molar-refractivity contribution in [2.24, 2.45) is 11.3 Å². The Hall–Kier alpha value is -3.63. The van der Waals surface area contributed by atoms with Gasteiger partial charge in [-0.2, -0.15) is 5.10 Å². The third-order valence-electron chi connectivity index (χ3n) is 9.20. The third kappa shape index (κ3) is 4.93. The molecule has 0 unspecified atom stereocenters. The van der Waals surface area contributed by atoms with E-state index < -0.39 is 8.32 Å². The average molecular weight is 571 g/mol. The predicted molar refractivity (Wildman–Crippen MR) is 162 cm³/mol. The molecule has 7 rings (SSSR count). The quantitative estimate of drug-likeness (QED) is 0.235. The summed E-state index contributed by atoms with van der Waals surface area (Å²) in [5, 5.41) is 8.16. The number of hydrogen-bond donors (Lipinski definition) is 1. The summed E-state index contributed by atoms with van der Waals surface area (Å²) in [5.74, 6) is 1.58. The summed E-state index contributed by atoms with van der Waals surface area (Å²) < 4.78 is 14.0. The van der Waals surface area contributed by atoms with Crippen LogP contribution in [-0.2, 0) is 15.8 Å². The molecule has 3 heterocycles. The zero-order valence-electron chi connectivity index (χ0n) is 24.7. The van der Waals surface area contributed by atoms with Crippen LogP contribution in [0.5, 0.6) is 5.75 Å². The first-order valence-electron chi connectivity index (χ1n) is 14.3. The number of amides is 1. The molecule has 2 bridgehead atoms. The lowest BCUT2D eigenvalue weighted by Gasteiger charge is -2.59. The molecule has 9 nitrogen and oxygen atoms in total. The number of aromatic nitrogens is 5. The van der Waals surface area contributed by atoms with Gasteiger partial charge in [-0.05, 0) is 43.3 Å². The van der Waals surface area contributed by atoms with Gasteiger partial charge < -0.3 is 14.5 Å². The number of nitrogens with zero attached hydrogens (tertiary/aromatic N) is 5. The number of rotatable bonds is 9. The fourth-order valence-corrected chi connectivity index (χ4v) is 6.57. The number of methoxy groups -OCH3 is 1. The molecule has 1 amide bonds. The van der Waals surface area contributed by atoms with Crippen LogP contribution in [-0.4, -0.2) is 52.7 Å². The molecule has 0 atom stereocenters. The molecule has 3 aliphatic carbocycles. The van der Waals surface area contributed by atoms with Crippen molar-refractivity contribution in [1.82, 2.24) is 24.7 Å². The lowest BCUT2D eigenvalue weighted by Crippen LogP contribution is -2.58. The molecule has 3 fully saturated rings. The second-order valence-corrected chi connectivity index (χ2v) is 17.8. The van der Waals surface area contributed by atoms with Crippen LogP contribution in [0.4, 0.5) is 5.82 Å². The van der Waals surface area contributed by atoms with E-state index >= 15 is 0 Å². The number of carbonyl (C=O) groups excluding carboxylic acids is 1. The summed E-state index contributed by atoms with van der Waals surface area (Å²) >= 11 is 0. The van der Waals surface area contributed by atoms with Crippen molar-refractivity contribution in [3.05, 3.63) is 48.9 Å². The van der Waals surface area contributed by atoms with Gasteiger partial charge in [0.05, 0.1) is 31.2 Å². The van der Waals surface area contributed by atoms with E-state index in [0.717, 1.165) is 36.1 Å². The Bertz CT molecular complexity index is 1590. The van der Waals surface area contributed by atoms with E-state index in [0.29, 0.717) is 47.4 Å². The fraction of sp³-hybridized carbons (Fsp3) is 0.452. The van der Waals surface area contributed by atoms with Gasteiger partial charge in [0.2, 0.25) is 5.91 Å². The van der Waals surface area contributed by atoms with E-state index in [4.69, 9.17) is 19.2 Å². The van der Waals surface area contributed by atoms with Crippen molar-refractivity contribution in [2.75, 3.05) is 19.0 Å². The lowest BCUT2D eigenvalue weighted by molar-refractivity contribution is -0.158. The summed E-state index contributed by atoms with van der Waals surface area (Å²) in [7, 11) is -0.312. The van der Waals surface area contributed by atoms with Crippen molar-refractivity contribution in [3.8, 4) is 28.3 Å². The van der Waals surface area contributed by atoms with E-state index in [2.05, 4.69) is 49.1 Å². The standard InChI is InChI=1S/C31H38N6O3Si/c1-30(2,3)41(5,6)40-13-12-37-18-22(25(36-37)21-10-8-7-9-11-21)26-27-23(32-19-33-26)14-24(39-4)28(34-27)35-29(38)31-15-20(16-31)17-31/h7-11,14,18-20H,12-13,15-17H2,1-6H3,(H,34,35,38). The highest BCUT2D eigenvalue weighted by Crippen LogP contribution is 2.64. The van der Waals surface area contributed by atoms with Crippen molar-refractivity contribution in [1.29, 1.82) is 0 Å². The van der Waals surface area contributed by atoms with Gasteiger partial charge in [0.25, 0.3) is 0 Å². The number of hydrogen-bond acceptors (Lipinski definition) is 7. The monoisotopic (exact) mass is 570 g/mol. The minimum Gasteiger partial charge on any atom is -0.493 e. The van der Waals surface area contributed by atoms with Crippen LogP contribution in [0.2, 0.25) is 18.1 Å². The number of benzene rings is 1. The summed E-state index contributed by atoms with van der Waals surface area (Å²) in [6, 6.07) is 11.9. The highest BCUT2D eigenvalue weighted by atomic mass is 28.4. The number of fused-ring (bicyclic) bond motifs is 1. The largest absolute Gasteiger partial charge is 0.493 e. The molecule has 3 aromatic heterocycles. The van der Waals surface area contributed by atoms with Crippen molar-refractivity contribution in [3.63, 3.8) is 0 Å². The van der Waals surface area contributed by atoms with Crippen LogP contribution in [0.3, 0.4) is 0 Å². The Labute approximate surface area is 241 Å². The van der Waals surface area contributed by atoms with Crippen molar-refractivity contribution < 1.29 is 14.0 Å². The molecule has 1 aromatic carbocycles. The zero-order chi connectivity index (χ0) is 29.0. The Morgan fingerprint density at radius 2 is 1.85 bits per heavy atom. The Kier molecular flexibility index (Phi) is 6.73. The highest BCUT2D eigenvalue weighted by Gasteiger charge is 2.61. The molecule has 1 N–H and O–H groups in total. The number of ether oxygens (including phenoxy) is 1. The van der Waals surface area contributed by atoms with Gasteiger partial charge in [0, 0.05) is 23.4 Å². The summed E-state index contributed by atoms with van der Waals surface area (Å²) in [4.78, 5) is 27.2. The number of anilines is 1. The highest BCUT2D eigenvalue weighted by molar-refractivity contribution is 6.74. The molecule has 41 heavy (non-hydrogen) atoms. The molecule has 4 aromatic rings. The number of carbonyl (C=O) groups is 1.